The number of para-hydroxylation sites is 1. The van der Waals surface area contributed by atoms with Crippen LogP contribution in [0.1, 0.15) is 17.0 Å². The third-order valence-corrected chi connectivity index (χ3v) is 4.96. The summed E-state index contributed by atoms with van der Waals surface area (Å²) < 4.78 is 10.5. The van der Waals surface area contributed by atoms with Gasteiger partial charge in [0.2, 0.25) is 5.76 Å². The molecular weight excluding hydrogens is 364 g/mol. The molecule has 0 bridgehead atoms. The maximum Gasteiger partial charge on any atom is 0.289 e. The van der Waals surface area contributed by atoms with Gasteiger partial charge in [-0.2, -0.15) is 0 Å². The van der Waals surface area contributed by atoms with Gasteiger partial charge in [-0.3, -0.25) is 4.79 Å². The first-order valence-corrected chi connectivity index (χ1v) is 9.15. The lowest BCUT2D eigenvalue weighted by Crippen LogP contribution is -2.32. The predicted octanol–water partition coefficient (Wildman–Crippen LogP) is 3.96. The number of carbonyl (C=O) groups is 1. The van der Waals surface area contributed by atoms with Crippen molar-refractivity contribution in [1.29, 1.82) is 0 Å². The minimum atomic E-state index is -0.299. The van der Waals surface area contributed by atoms with Crippen molar-refractivity contribution in [3.8, 4) is 0 Å². The van der Waals surface area contributed by atoms with Gasteiger partial charge in [0.1, 0.15) is 19.5 Å². The molecule has 1 unspecified atom stereocenters. The Balaban J connectivity index is 1.66. The first-order valence-electron chi connectivity index (χ1n) is 8.77. The molecule has 1 aromatic heterocycles. The molecule has 3 aromatic rings. The second kappa shape index (κ2) is 7.76. The molecule has 0 aliphatic carbocycles. The number of rotatable bonds is 5. The summed E-state index contributed by atoms with van der Waals surface area (Å²) in [7, 11) is 0. The standard InChI is InChI=1S/C21H19ClN2O3/c22-18-7-3-1-5-14(18)16(12-24-21(25)20-13-26-9-10-27-20)17-11-23-19-8-4-2-6-15(17)19/h1-8,11,13,16,23H,9-10,12H2,(H,24,25). The van der Waals surface area contributed by atoms with Gasteiger partial charge in [0.05, 0.1) is 0 Å². The van der Waals surface area contributed by atoms with E-state index in [1.807, 2.05) is 48.7 Å². The van der Waals surface area contributed by atoms with Crippen LogP contribution < -0.4 is 5.32 Å². The summed E-state index contributed by atoms with van der Waals surface area (Å²) in [6.45, 7) is 1.20. The number of benzene rings is 2. The monoisotopic (exact) mass is 382 g/mol. The van der Waals surface area contributed by atoms with Crippen LogP contribution in [-0.2, 0) is 14.3 Å². The van der Waals surface area contributed by atoms with Gasteiger partial charge in [-0.15, -0.1) is 0 Å². The first kappa shape index (κ1) is 17.5. The van der Waals surface area contributed by atoms with Crippen LogP contribution >= 0.6 is 11.6 Å². The fraction of sp³-hybridized carbons (Fsp3) is 0.190. The Kier molecular flexibility index (Phi) is 5.03. The van der Waals surface area contributed by atoms with E-state index in [0.717, 1.165) is 22.0 Å². The Hall–Kier alpha value is -2.92. The first-order chi connectivity index (χ1) is 13.2. The quantitative estimate of drug-likeness (QED) is 0.702. The Labute approximate surface area is 161 Å². The van der Waals surface area contributed by atoms with Crippen molar-refractivity contribution in [2.24, 2.45) is 0 Å². The smallest absolute Gasteiger partial charge is 0.289 e. The van der Waals surface area contributed by atoms with Crippen molar-refractivity contribution < 1.29 is 14.3 Å². The van der Waals surface area contributed by atoms with Crippen LogP contribution in [0.25, 0.3) is 10.9 Å². The number of ether oxygens (including phenoxy) is 2. The number of aromatic nitrogens is 1. The van der Waals surface area contributed by atoms with Crippen LogP contribution in [0.3, 0.4) is 0 Å². The number of aromatic amines is 1. The minimum Gasteiger partial charge on any atom is -0.494 e. The van der Waals surface area contributed by atoms with Gasteiger partial charge < -0.3 is 19.8 Å². The Bertz CT molecular complexity index is 996. The van der Waals surface area contributed by atoms with Crippen LogP contribution in [-0.4, -0.2) is 30.6 Å². The molecule has 0 radical (unpaired) electrons. The number of H-pyrrole nitrogens is 1. The summed E-state index contributed by atoms with van der Waals surface area (Å²) in [5.41, 5.74) is 3.08. The SMILES string of the molecule is O=C(NCC(c1ccccc1Cl)c1c[nH]c2ccccc12)C1=COCCO1. The summed E-state index contributed by atoms with van der Waals surface area (Å²) in [5, 5.41) is 4.72. The maximum atomic E-state index is 12.4. The van der Waals surface area contributed by atoms with Crippen molar-refractivity contribution in [1.82, 2.24) is 10.3 Å². The molecule has 1 atom stereocenters. The second-order valence-corrected chi connectivity index (χ2v) is 6.68. The normalized spacial score (nSPS) is 14.8. The van der Waals surface area contributed by atoms with Gasteiger partial charge in [0, 0.05) is 34.6 Å². The number of halogens is 1. The van der Waals surface area contributed by atoms with E-state index in [1.54, 1.807) is 0 Å². The molecule has 0 spiro atoms. The van der Waals surface area contributed by atoms with Crippen molar-refractivity contribution >= 4 is 28.4 Å². The van der Waals surface area contributed by atoms with Gasteiger partial charge in [-0.05, 0) is 23.3 Å². The highest BCUT2D eigenvalue weighted by molar-refractivity contribution is 6.31. The second-order valence-electron chi connectivity index (χ2n) is 6.28. The van der Waals surface area contributed by atoms with Crippen LogP contribution in [0.5, 0.6) is 0 Å². The van der Waals surface area contributed by atoms with E-state index in [2.05, 4.69) is 16.4 Å². The molecule has 4 rings (SSSR count). The van der Waals surface area contributed by atoms with E-state index in [9.17, 15) is 4.79 Å². The molecule has 6 heteroatoms. The third-order valence-electron chi connectivity index (χ3n) is 4.62. The summed E-state index contributed by atoms with van der Waals surface area (Å²) >= 11 is 6.47. The summed E-state index contributed by atoms with van der Waals surface area (Å²) in [6, 6.07) is 15.8. The Morgan fingerprint density at radius 3 is 2.74 bits per heavy atom. The molecule has 138 valence electrons. The van der Waals surface area contributed by atoms with E-state index in [4.69, 9.17) is 21.1 Å². The number of hydrogen-bond donors (Lipinski definition) is 2. The fourth-order valence-electron chi connectivity index (χ4n) is 3.30. The number of amides is 1. The van der Waals surface area contributed by atoms with E-state index >= 15 is 0 Å². The van der Waals surface area contributed by atoms with Crippen molar-refractivity contribution in [2.75, 3.05) is 19.8 Å². The van der Waals surface area contributed by atoms with E-state index < -0.39 is 0 Å². The largest absolute Gasteiger partial charge is 0.494 e. The van der Waals surface area contributed by atoms with E-state index in [-0.39, 0.29) is 17.6 Å². The zero-order chi connectivity index (χ0) is 18.6. The molecule has 0 saturated carbocycles. The average Bonchev–Trinajstić information content (AvgIpc) is 3.14. The van der Waals surface area contributed by atoms with E-state index in [0.29, 0.717) is 24.8 Å². The lowest BCUT2D eigenvalue weighted by molar-refractivity contribution is -0.122. The number of carbonyl (C=O) groups excluding carboxylic acids is 1. The predicted molar refractivity (Wildman–Crippen MR) is 105 cm³/mol. The van der Waals surface area contributed by atoms with Gasteiger partial charge in [-0.25, -0.2) is 0 Å². The average molecular weight is 383 g/mol. The van der Waals surface area contributed by atoms with Crippen molar-refractivity contribution in [3.63, 3.8) is 0 Å². The summed E-state index contributed by atoms with van der Waals surface area (Å²) in [4.78, 5) is 15.7. The molecule has 1 aliphatic rings. The van der Waals surface area contributed by atoms with Crippen molar-refractivity contribution in [2.45, 2.75) is 5.92 Å². The lowest BCUT2D eigenvalue weighted by Gasteiger charge is -2.20. The fourth-order valence-corrected chi connectivity index (χ4v) is 3.56. The summed E-state index contributed by atoms with van der Waals surface area (Å²) in [5.74, 6) is -0.214. The molecule has 2 aromatic carbocycles. The van der Waals surface area contributed by atoms with Gasteiger partial charge >= 0.3 is 0 Å². The highest BCUT2D eigenvalue weighted by Crippen LogP contribution is 2.34. The summed E-state index contributed by atoms with van der Waals surface area (Å²) in [6.07, 6.45) is 3.33. The van der Waals surface area contributed by atoms with E-state index in [1.165, 1.54) is 6.26 Å². The zero-order valence-corrected chi connectivity index (χ0v) is 15.3. The topological polar surface area (TPSA) is 63.4 Å². The molecular formula is C21H19ClN2O3. The van der Waals surface area contributed by atoms with Crippen LogP contribution in [0.15, 0.2) is 66.7 Å². The van der Waals surface area contributed by atoms with Gasteiger partial charge in [-0.1, -0.05) is 48.0 Å². The Morgan fingerprint density at radius 1 is 1.11 bits per heavy atom. The van der Waals surface area contributed by atoms with Gasteiger partial charge in [0.15, 0.2) is 0 Å². The minimum absolute atomic E-state index is 0.107. The third kappa shape index (κ3) is 3.64. The maximum absolute atomic E-state index is 12.4. The number of fused-ring (bicyclic) bond motifs is 1. The number of nitrogens with one attached hydrogen (secondary N) is 2. The zero-order valence-electron chi connectivity index (χ0n) is 14.6. The molecule has 5 nitrogen and oxygen atoms in total. The number of hydrogen-bond acceptors (Lipinski definition) is 3. The molecule has 0 fully saturated rings. The van der Waals surface area contributed by atoms with Crippen LogP contribution in [0.2, 0.25) is 5.02 Å². The van der Waals surface area contributed by atoms with Crippen LogP contribution in [0, 0.1) is 0 Å². The highest BCUT2D eigenvalue weighted by Gasteiger charge is 2.23. The Morgan fingerprint density at radius 2 is 1.93 bits per heavy atom. The lowest BCUT2D eigenvalue weighted by atomic mass is 9.90. The molecule has 1 amide bonds. The van der Waals surface area contributed by atoms with Gasteiger partial charge in [0.25, 0.3) is 5.91 Å². The van der Waals surface area contributed by atoms with Crippen LogP contribution in [0.4, 0.5) is 0 Å². The molecule has 2 heterocycles. The highest BCUT2D eigenvalue weighted by atomic mass is 35.5. The molecule has 2 N–H and O–H groups in total. The van der Waals surface area contributed by atoms with Crippen molar-refractivity contribution in [3.05, 3.63) is 82.9 Å². The molecule has 1 aliphatic heterocycles. The molecule has 27 heavy (non-hydrogen) atoms. The molecule has 0 saturated heterocycles.